The van der Waals surface area contributed by atoms with Crippen molar-refractivity contribution in [3.63, 3.8) is 0 Å². The molecule has 1 aliphatic heterocycles. The van der Waals surface area contributed by atoms with Gasteiger partial charge in [0.2, 0.25) is 15.9 Å². The van der Waals surface area contributed by atoms with E-state index in [2.05, 4.69) is 5.32 Å². The maximum Gasteiger partial charge on any atom is 0.246 e. The predicted molar refractivity (Wildman–Crippen MR) is 111 cm³/mol. The van der Waals surface area contributed by atoms with Crippen LogP contribution in [0.3, 0.4) is 0 Å². The highest BCUT2D eigenvalue weighted by molar-refractivity contribution is 7.89. The molecule has 1 amide bonds. The molecule has 0 saturated carbocycles. The molecule has 28 heavy (non-hydrogen) atoms. The molecule has 2 aromatic carbocycles. The highest BCUT2D eigenvalue weighted by Crippen LogP contribution is 2.24. The molecule has 2 aromatic rings. The van der Waals surface area contributed by atoms with Gasteiger partial charge in [0.25, 0.3) is 0 Å². The Bertz CT molecular complexity index is 892. The lowest BCUT2D eigenvalue weighted by Gasteiger charge is -2.26. The Labute approximate surface area is 167 Å². The van der Waals surface area contributed by atoms with Crippen LogP contribution in [0.4, 0.5) is 5.69 Å². The zero-order chi connectivity index (χ0) is 20.1. The number of benzene rings is 2. The first-order valence-corrected chi connectivity index (χ1v) is 11.0. The van der Waals surface area contributed by atoms with Gasteiger partial charge in [-0.1, -0.05) is 37.3 Å². The Morgan fingerprint density at radius 3 is 2.25 bits per heavy atom. The fraction of sp³-hybridized carbons (Fsp3) is 0.381. The third kappa shape index (κ3) is 4.43. The van der Waals surface area contributed by atoms with Crippen molar-refractivity contribution >= 4 is 21.6 Å². The van der Waals surface area contributed by atoms with Crippen molar-refractivity contribution in [2.75, 3.05) is 32.0 Å². The molecule has 6 nitrogen and oxygen atoms in total. The van der Waals surface area contributed by atoms with Crippen LogP contribution in [0, 0.1) is 0 Å². The van der Waals surface area contributed by atoms with Gasteiger partial charge in [0.1, 0.15) is 6.04 Å². The average molecular weight is 402 g/mol. The van der Waals surface area contributed by atoms with Crippen LogP contribution in [-0.2, 0) is 14.8 Å². The van der Waals surface area contributed by atoms with Crippen LogP contribution in [0.2, 0.25) is 0 Å². The number of nitrogens with zero attached hydrogens (tertiary/aromatic N) is 2. The van der Waals surface area contributed by atoms with E-state index < -0.39 is 16.1 Å². The maximum atomic E-state index is 12.9. The lowest BCUT2D eigenvalue weighted by Crippen LogP contribution is -2.34. The van der Waals surface area contributed by atoms with E-state index in [-0.39, 0.29) is 10.8 Å². The van der Waals surface area contributed by atoms with E-state index in [1.54, 1.807) is 24.3 Å². The van der Waals surface area contributed by atoms with Crippen molar-refractivity contribution < 1.29 is 13.2 Å². The molecule has 0 spiro atoms. The summed E-state index contributed by atoms with van der Waals surface area (Å²) in [6.07, 6.45) is 1.80. The molecule has 0 aromatic heterocycles. The van der Waals surface area contributed by atoms with Crippen molar-refractivity contribution in [3.8, 4) is 0 Å². The third-order valence-electron chi connectivity index (χ3n) is 5.13. The van der Waals surface area contributed by atoms with Crippen molar-refractivity contribution in [3.05, 3.63) is 60.2 Å². The Balaban J connectivity index is 1.76. The minimum Gasteiger partial charge on any atom is -0.324 e. The van der Waals surface area contributed by atoms with Gasteiger partial charge in [-0.3, -0.25) is 9.69 Å². The van der Waals surface area contributed by atoms with Gasteiger partial charge >= 0.3 is 0 Å². The number of hydrogen-bond acceptors (Lipinski definition) is 4. The second kappa shape index (κ2) is 8.86. The Morgan fingerprint density at radius 2 is 1.68 bits per heavy atom. The van der Waals surface area contributed by atoms with Gasteiger partial charge < -0.3 is 5.32 Å². The monoisotopic (exact) mass is 401 g/mol. The quantitative estimate of drug-likeness (QED) is 0.774. The van der Waals surface area contributed by atoms with Crippen molar-refractivity contribution in [1.82, 2.24) is 9.21 Å². The van der Waals surface area contributed by atoms with Gasteiger partial charge in [0.15, 0.2) is 0 Å². The van der Waals surface area contributed by atoms with Crippen LogP contribution >= 0.6 is 0 Å². The van der Waals surface area contributed by atoms with E-state index >= 15 is 0 Å². The second-order valence-corrected chi connectivity index (χ2v) is 8.95. The summed E-state index contributed by atoms with van der Waals surface area (Å²) in [5, 5.41) is 2.91. The molecule has 0 bridgehead atoms. The van der Waals surface area contributed by atoms with Crippen molar-refractivity contribution in [2.24, 2.45) is 0 Å². The first kappa shape index (κ1) is 20.5. The average Bonchev–Trinajstić information content (AvgIpc) is 3.25. The number of carbonyl (C=O) groups is 1. The van der Waals surface area contributed by atoms with Gasteiger partial charge in [0, 0.05) is 18.8 Å². The van der Waals surface area contributed by atoms with Crippen molar-refractivity contribution in [2.45, 2.75) is 30.7 Å². The van der Waals surface area contributed by atoms with Crippen LogP contribution in [0.25, 0.3) is 0 Å². The molecule has 0 radical (unpaired) electrons. The summed E-state index contributed by atoms with van der Waals surface area (Å²) in [7, 11) is -1.54. The maximum absolute atomic E-state index is 12.9. The molecular formula is C21H27N3O3S. The van der Waals surface area contributed by atoms with Crippen LogP contribution < -0.4 is 5.32 Å². The molecule has 0 aliphatic carbocycles. The van der Waals surface area contributed by atoms with E-state index in [0.29, 0.717) is 18.8 Å². The summed E-state index contributed by atoms with van der Waals surface area (Å²) in [5.74, 6) is -0.147. The number of nitrogens with one attached hydrogen (secondary N) is 1. The van der Waals surface area contributed by atoms with Gasteiger partial charge in [-0.15, -0.1) is 0 Å². The van der Waals surface area contributed by atoms with E-state index in [1.165, 1.54) is 4.31 Å². The molecule has 1 saturated heterocycles. The lowest BCUT2D eigenvalue weighted by atomic mass is 10.0. The van der Waals surface area contributed by atoms with E-state index in [0.717, 1.165) is 24.9 Å². The molecule has 0 unspecified atom stereocenters. The minimum atomic E-state index is -3.45. The summed E-state index contributed by atoms with van der Waals surface area (Å²) in [6, 6.07) is 15.6. The topological polar surface area (TPSA) is 69.7 Å². The number of hydrogen-bond donors (Lipinski definition) is 1. The van der Waals surface area contributed by atoms with Gasteiger partial charge in [-0.05, 0) is 56.3 Å². The SMILES string of the molecule is CCN(C)[C@@H](C(=O)Nc1ccc(S(=O)(=O)N2CCCC2)cc1)c1ccccc1. The van der Waals surface area contributed by atoms with Crippen LogP contribution in [0.15, 0.2) is 59.5 Å². The van der Waals surface area contributed by atoms with E-state index in [9.17, 15) is 13.2 Å². The van der Waals surface area contributed by atoms with Gasteiger partial charge in [-0.25, -0.2) is 8.42 Å². The summed E-state index contributed by atoms with van der Waals surface area (Å²) >= 11 is 0. The van der Waals surface area contributed by atoms with Crippen LogP contribution in [0.1, 0.15) is 31.4 Å². The summed E-state index contributed by atoms with van der Waals surface area (Å²) < 4.78 is 26.8. The molecule has 1 N–H and O–H groups in total. The molecule has 1 aliphatic rings. The first-order valence-electron chi connectivity index (χ1n) is 9.59. The number of sulfonamides is 1. The largest absolute Gasteiger partial charge is 0.324 e. The Morgan fingerprint density at radius 1 is 1.07 bits per heavy atom. The zero-order valence-electron chi connectivity index (χ0n) is 16.3. The van der Waals surface area contributed by atoms with Gasteiger partial charge in [-0.2, -0.15) is 4.31 Å². The van der Waals surface area contributed by atoms with Crippen molar-refractivity contribution in [1.29, 1.82) is 0 Å². The molecule has 1 atom stereocenters. The smallest absolute Gasteiger partial charge is 0.246 e. The summed E-state index contributed by atoms with van der Waals surface area (Å²) in [5.41, 5.74) is 1.49. The zero-order valence-corrected chi connectivity index (χ0v) is 17.2. The molecule has 1 fully saturated rings. The predicted octanol–water partition coefficient (Wildman–Crippen LogP) is 3.10. The second-order valence-electron chi connectivity index (χ2n) is 7.01. The molecule has 150 valence electrons. The number of likely N-dealkylation sites (N-methyl/N-ethyl adjacent to an activating group) is 1. The fourth-order valence-corrected chi connectivity index (χ4v) is 4.94. The normalized spacial score (nSPS) is 16.2. The molecule has 1 heterocycles. The lowest BCUT2D eigenvalue weighted by molar-refractivity contribution is -0.121. The minimum absolute atomic E-state index is 0.147. The fourth-order valence-electron chi connectivity index (χ4n) is 3.42. The number of amides is 1. The first-order chi connectivity index (χ1) is 13.4. The Kier molecular flexibility index (Phi) is 6.49. The molecule has 3 rings (SSSR count). The molecular weight excluding hydrogens is 374 g/mol. The summed E-state index contributed by atoms with van der Waals surface area (Å²) in [4.78, 5) is 15.2. The highest BCUT2D eigenvalue weighted by atomic mass is 32.2. The number of anilines is 1. The molecule has 7 heteroatoms. The van der Waals surface area contributed by atoms with E-state index in [4.69, 9.17) is 0 Å². The third-order valence-corrected chi connectivity index (χ3v) is 7.04. The Hall–Kier alpha value is -2.22. The summed E-state index contributed by atoms with van der Waals surface area (Å²) in [6.45, 7) is 3.87. The van der Waals surface area contributed by atoms with E-state index in [1.807, 2.05) is 49.2 Å². The van der Waals surface area contributed by atoms with Crippen LogP contribution in [0.5, 0.6) is 0 Å². The van der Waals surface area contributed by atoms with Gasteiger partial charge in [0.05, 0.1) is 4.90 Å². The van der Waals surface area contributed by atoms with Crippen LogP contribution in [-0.4, -0.2) is 50.2 Å². The number of rotatable bonds is 7. The standard InChI is InChI=1S/C21H27N3O3S/c1-3-23(2)20(17-9-5-4-6-10-17)21(25)22-18-11-13-19(14-12-18)28(26,27)24-15-7-8-16-24/h4-6,9-14,20H,3,7-8,15-16H2,1-2H3,(H,22,25)/t20-/m1/s1. The number of carbonyl (C=O) groups excluding carboxylic acids is 1. The highest BCUT2D eigenvalue weighted by Gasteiger charge is 2.27.